The van der Waals surface area contributed by atoms with E-state index >= 15 is 0 Å². The van der Waals surface area contributed by atoms with E-state index in [0.717, 1.165) is 5.56 Å². The first-order valence-corrected chi connectivity index (χ1v) is 7.23. The summed E-state index contributed by atoms with van der Waals surface area (Å²) in [6, 6.07) is 12.1. The number of hydrogen-bond donors (Lipinski definition) is 0. The van der Waals surface area contributed by atoms with Crippen molar-refractivity contribution in [2.24, 2.45) is 0 Å². The van der Waals surface area contributed by atoms with Gasteiger partial charge in [-0.15, -0.1) is 0 Å². The van der Waals surface area contributed by atoms with Gasteiger partial charge in [-0.1, -0.05) is 62.7 Å². The molecule has 0 fully saturated rings. The van der Waals surface area contributed by atoms with Gasteiger partial charge in [-0.25, -0.2) is 4.39 Å². The van der Waals surface area contributed by atoms with Crippen LogP contribution in [0.1, 0.15) is 42.3 Å². The molecule has 110 valence electrons. The predicted molar refractivity (Wildman–Crippen MR) is 84.6 cm³/mol. The molecule has 0 bridgehead atoms. The van der Waals surface area contributed by atoms with E-state index < -0.39 is 5.82 Å². The van der Waals surface area contributed by atoms with Gasteiger partial charge in [0.05, 0.1) is 5.02 Å². The molecular formula is C18H18ClFO. The quantitative estimate of drug-likeness (QED) is 0.712. The van der Waals surface area contributed by atoms with Crippen LogP contribution in [0.5, 0.6) is 0 Å². The van der Waals surface area contributed by atoms with E-state index in [-0.39, 0.29) is 22.6 Å². The highest BCUT2D eigenvalue weighted by atomic mass is 35.5. The molecule has 0 amide bonds. The fraction of sp³-hybridized carbons (Fsp3) is 0.278. The van der Waals surface area contributed by atoms with Crippen LogP contribution in [0.4, 0.5) is 4.39 Å². The van der Waals surface area contributed by atoms with Gasteiger partial charge >= 0.3 is 0 Å². The number of Topliss-reactive ketones (excluding diaryl/α,β-unsaturated/α-hetero) is 1. The van der Waals surface area contributed by atoms with Crippen LogP contribution in [0.3, 0.4) is 0 Å². The summed E-state index contributed by atoms with van der Waals surface area (Å²) in [6.07, 6.45) is 0.168. The maximum absolute atomic E-state index is 13.5. The highest BCUT2D eigenvalue weighted by Crippen LogP contribution is 2.27. The summed E-state index contributed by atoms with van der Waals surface area (Å²) in [5.74, 6) is -0.506. The molecule has 2 rings (SSSR count). The molecule has 0 unspecified atom stereocenters. The second-order valence-electron chi connectivity index (χ2n) is 6.14. The average molecular weight is 305 g/mol. The smallest absolute Gasteiger partial charge is 0.167 e. The first-order chi connectivity index (χ1) is 9.79. The second kappa shape index (κ2) is 5.98. The first-order valence-electron chi connectivity index (χ1n) is 6.85. The largest absolute Gasteiger partial charge is 0.294 e. The van der Waals surface area contributed by atoms with Crippen molar-refractivity contribution in [3.63, 3.8) is 0 Å². The Morgan fingerprint density at radius 1 is 1.14 bits per heavy atom. The molecule has 0 saturated carbocycles. The van der Waals surface area contributed by atoms with Crippen molar-refractivity contribution < 1.29 is 9.18 Å². The minimum Gasteiger partial charge on any atom is -0.294 e. The number of halogens is 2. The zero-order valence-corrected chi connectivity index (χ0v) is 13.2. The SMILES string of the molecule is CC(C)(C)c1ccccc1C(=O)Cc1ccc(Cl)c(F)c1. The molecule has 21 heavy (non-hydrogen) atoms. The van der Waals surface area contributed by atoms with Crippen LogP contribution in [0.2, 0.25) is 5.02 Å². The summed E-state index contributed by atoms with van der Waals surface area (Å²) in [6.45, 7) is 6.21. The van der Waals surface area contributed by atoms with Gasteiger partial charge in [-0.05, 0) is 28.7 Å². The number of carbonyl (C=O) groups excluding carboxylic acids is 1. The second-order valence-corrected chi connectivity index (χ2v) is 6.55. The van der Waals surface area contributed by atoms with Crippen molar-refractivity contribution in [3.8, 4) is 0 Å². The summed E-state index contributed by atoms with van der Waals surface area (Å²) in [4.78, 5) is 12.5. The van der Waals surface area contributed by atoms with E-state index in [9.17, 15) is 9.18 Å². The Hall–Kier alpha value is -1.67. The van der Waals surface area contributed by atoms with Gasteiger partial charge in [0.15, 0.2) is 5.78 Å². The lowest BCUT2D eigenvalue weighted by atomic mass is 9.82. The number of carbonyl (C=O) groups is 1. The molecule has 0 aromatic heterocycles. The number of rotatable bonds is 3. The molecule has 2 aromatic rings. The molecule has 0 radical (unpaired) electrons. The zero-order chi connectivity index (χ0) is 15.6. The maximum Gasteiger partial charge on any atom is 0.167 e. The molecule has 3 heteroatoms. The molecular weight excluding hydrogens is 287 g/mol. The lowest BCUT2D eigenvalue weighted by molar-refractivity contribution is 0.0991. The predicted octanol–water partition coefficient (Wildman–Crippen LogP) is 5.20. The zero-order valence-electron chi connectivity index (χ0n) is 12.4. The first kappa shape index (κ1) is 15.7. The summed E-state index contributed by atoms with van der Waals surface area (Å²) in [5.41, 5.74) is 2.22. The molecule has 0 aliphatic heterocycles. The average Bonchev–Trinajstić information content (AvgIpc) is 2.42. The van der Waals surface area contributed by atoms with Crippen LogP contribution in [-0.4, -0.2) is 5.78 Å². The summed E-state index contributed by atoms with van der Waals surface area (Å²) in [5, 5.41) is 0.0706. The molecule has 2 aromatic carbocycles. The topological polar surface area (TPSA) is 17.1 Å². The monoisotopic (exact) mass is 304 g/mol. The lowest BCUT2D eigenvalue weighted by Crippen LogP contribution is -2.17. The van der Waals surface area contributed by atoms with Crippen LogP contribution >= 0.6 is 11.6 Å². The van der Waals surface area contributed by atoms with Crippen LogP contribution in [0.15, 0.2) is 42.5 Å². The van der Waals surface area contributed by atoms with E-state index in [1.54, 1.807) is 6.07 Å². The third kappa shape index (κ3) is 3.70. The molecule has 0 heterocycles. The van der Waals surface area contributed by atoms with Crippen molar-refractivity contribution in [3.05, 3.63) is 70.0 Å². The highest BCUT2D eigenvalue weighted by molar-refractivity contribution is 6.30. The van der Waals surface area contributed by atoms with Crippen molar-refractivity contribution in [1.82, 2.24) is 0 Å². The summed E-state index contributed by atoms with van der Waals surface area (Å²) < 4.78 is 13.5. The van der Waals surface area contributed by atoms with E-state index in [1.165, 1.54) is 12.1 Å². The van der Waals surface area contributed by atoms with Gasteiger partial charge in [0.25, 0.3) is 0 Å². The summed E-state index contributed by atoms with van der Waals surface area (Å²) in [7, 11) is 0. The van der Waals surface area contributed by atoms with Crippen LogP contribution in [0.25, 0.3) is 0 Å². The van der Waals surface area contributed by atoms with Gasteiger partial charge in [-0.3, -0.25) is 4.79 Å². The van der Waals surface area contributed by atoms with Gasteiger partial charge < -0.3 is 0 Å². The van der Waals surface area contributed by atoms with Gasteiger partial charge in [0.2, 0.25) is 0 Å². The van der Waals surface area contributed by atoms with E-state index in [0.29, 0.717) is 11.1 Å². The third-order valence-electron chi connectivity index (χ3n) is 3.38. The number of benzene rings is 2. The van der Waals surface area contributed by atoms with Crippen molar-refractivity contribution in [2.75, 3.05) is 0 Å². The van der Waals surface area contributed by atoms with Crippen molar-refractivity contribution in [1.29, 1.82) is 0 Å². The minimum atomic E-state index is -0.494. The highest BCUT2D eigenvalue weighted by Gasteiger charge is 2.21. The number of hydrogen-bond acceptors (Lipinski definition) is 1. The minimum absolute atomic E-state index is 0.0118. The molecule has 0 N–H and O–H groups in total. The molecule has 0 aliphatic rings. The Morgan fingerprint density at radius 2 is 1.81 bits per heavy atom. The van der Waals surface area contributed by atoms with E-state index in [2.05, 4.69) is 20.8 Å². The molecule has 0 spiro atoms. The van der Waals surface area contributed by atoms with Gasteiger partial charge in [0, 0.05) is 12.0 Å². The van der Waals surface area contributed by atoms with E-state index in [1.807, 2.05) is 24.3 Å². The molecule has 0 aliphatic carbocycles. The Kier molecular flexibility index (Phi) is 4.48. The molecule has 0 saturated heterocycles. The number of ketones is 1. The van der Waals surface area contributed by atoms with Gasteiger partial charge in [0.1, 0.15) is 5.82 Å². The Balaban J connectivity index is 2.31. The fourth-order valence-electron chi connectivity index (χ4n) is 2.31. The Morgan fingerprint density at radius 3 is 2.43 bits per heavy atom. The van der Waals surface area contributed by atoms with Crippen molar-refractivity contribution >= 4 is 17.4 Å². The maximum atomic E-state index is 13.5. The molecule has 1 nitrogen and oxygen atoms in total. The van der Waals surface area contributed by atoms with Gasteiger partial charge in [-0.2, -0.15) is 0 Å². The Bertz CT molecular complexity index is 671. The lowest BCUT2D eigenvalue weighted by Gasteiger charge is -2.22. The third-order valence-corrected chi connectivity index (χ3v) is 3.69. The Labute approximate surface area is 129 Å². The fourth-order valence-corrected chi connectivity index (χ4v) is 2.43. The summed E-state index contributed by atoms with van der Waals surface area (Å²) >= 11 is 5.66. The van der Waals surface area contributed by atoms with Crippen molar-refractivity contribution in [2.45, 2.75) is 32.6 Å². The van der Waals surface area contributed by atoms with Crippen LogP contribution in [0, 0.1) is 5.82 Å². The van der Waals surface area contributed by atoms with E-state index in [4.69, 9.17) is 11.6 Å². The standard InChI is InChI=1S/C18H18ClFO/c1-18(2,3)14-7-5-4-6-13(14)17(21)11-12-8-9-15(19)16(20)10-12/h4-10H,11H2,1-3H3. The molecule has 0 atom stereocenters. The normalized spacial score (nSPS) is 11.5. The van der Waals surface area contributed by atoms with Crippen LogP contribution < -0.4 is 0 Å². The van der Waals surface area contributed by atoms with Crippen LogP contribution in [-0.2, 0) is 11.8 Å².